The van der Waals surface area contributed by atoms with E-state index in [0.717, 1.165) is 12.1 Å². The van der Waals surface area contributed by atoms with Crippen molar-refractivity contribution < 1.29 is 13.7 Å². The number of nitrogens with zero attached hydrogens (tertiary/aromatic N) is 4. The fourth-order valence-electron chi connectivity index (χ4n) is 3.94. The molecule has 0 aliphatic carbocycles. The Morgan fingerprint density at radius 2 is 2.07 bits per heavy atom. The third-order valence-corrected chi connectivity index (χ3v) is 5.24. The molecule has 0 atom stereocenters. The first-order valence-electron chi connectivity index (χ1n) is 8.94. The average Bonchev–Trinajstić information content (AvgIpc) is 2.90. The number of hydrogen-bond donors (Lipinski definition) is 1. The first-order valence-corrected chi connectivity index (χ1v) is 8.94. The lowest BCUT2D eigenvalue weighted by Crippen LogP contribution is -2.27. The number of aromatic amines is 1. The van der Waals surface area contributed by atoms with E-state index < -0.39 is 22.1 Å². The number of halogens is 2. The van der Waals surface area contributed by atoms with E-state index in [0.29, 0.717) is 16.6 Å². The molecule has 1 aromatic rings. The van der Waals surface area contributed by atoms with Gasteiger partial charge in [0.25, 0.3) is 11.3 Å². The molecule has 0 fully saturated rings. The summed E-state index contributed by atoms with van der Waals surface area (Å²) in [4.78, 5) is 34.2. The highest BCUT2D eigenvalue weighted by Gasteiger charge is 2.31. The van der Waals surface area contributed by atoms with Crippen LogP contribution in [0.5, 0.6) is 0 Å². The summed E-state index contributed by atoms with van der Waals surface area (Å²) in [6.07, 6.45) is 5.84. The maximum atomic E-state index is 14.5. The minimum atomic E-state index is -0.785. The van der Waals surface area contributed by atoms with Crippen LogP contribution >= 0.6 is 0 Å². The topological polar surface area (TPSA) is 95.4 Å². The van der Waals surface area contributed by atoms with Crippen LogP contribution in [0.2, 0.25) is 0 Å². The molecule has 10 heteroatoms. The van der Waals surface area contributed by atoms with Crippen LogP contribution < -0.4 is 25.9 Å². The number of nitro groups is 1. The van der Waals surface area contributed by atoms with E-state index in [1.807, 2.05) is 0 Å². The molecule has 4 heterocycles. The minimum absolute atomic E-state index is 0.0786. The van der Waals surface area contributed by atoms with Crippen LogP contribution in [0, 0.1) is 21.7 Å². The standard InChI is InChI=1S/C20H13F2N5O3/c1-25-6-5-14(27(29)30)11-9-23-19-16-13(24-20(28)17(16)18(11)25)4-7-26(19)15-3-2-10(21)8-12(15)22/h2-6,8-9H,7H2,1H3,(H,24,28). The number of nitrogens with one attached hydrogen (secondary N) is 1. The molecule has 4 aliphatic heterocycles. The van der Waals surface area contributed by atoms with Crippen molar-refractivity contribution in [3.63, 3.8) is 0 Å². The zero-order valence-electron chi connectivity index (χ0n) is 15.5. The van der Waals surface area contributed by atoms with Crippen molar-refractivity contribution in [2.45, 2.75) is 0 Å². The quantitative estimate of drug-likeness (QED) is 0.508. The number of H-pyrrole nitrogens is 1. The second-order valence-electron chi connectivity index (χ2n) is 6.94. The molecule has 0 spiro atoms. The van der Waals surface area contributed by atoms with Gasteiger partial charge in [-0.1, -0.05) is 0 Å². The lowest BCUT2D eigenvalue weighted by Gasteiger charge is -2.26. The highest BCUT2D eigenvalue weighted by molar-refractivity contribution is 5.91. The molecule has 30 heavy (non-hydrogen) atoms. The van der Waals surface area contributed by atoms with Crippen LogP contribution in [0.3, 0.4) is 0 Å². The Labute approximate surface area is 167 Å². The van der Waals surface area contributed by atoms with E-state index in [-0.39, 0.29) is 34.5 Å². The Morgan fingerprint density at radius 3 is 2.80 bits per heavy atom. The molecular formula is C20H13F2N5O3. The molecule has 0 bridgehead atoms. The number of rotatable bonds is 2. The monoisotopic (exact) mass is 409 g/mol. The van der Waals surface area contributed by atoms with Gasteiger partial charge in [0.05, 0.1) is 38.0 Å². The highest BCUT2D eigenvalue weighted by atomic mass is 19.1. The average molecular weight is 409 g/mol. The van der Waals surface area contributed by atoms with Crippen molar-refractivity contribution in [3.05, 3.63) is 79.3 Å². The zero-order chi connectivity index (χ0) is 21.2. The largest absolute Gasteiger partial charge is 0.349 e. The molecule has 5 rings (SSSR count). The van der Waals surface area contributed by atoms with E-state index in [2.05, 4.69) is 9.97 Å². The smallest absolute Gasteiger partial charge is 0.281 e. The van der Waals surface area contributed by atoms with E-state index in [1.54, 1.807) is 18.0 Å². The Bertz CT molecular complexity index is 1430. The van der Waals surface area contributed by atoms with Gasteiger partial charge in [-0.05, 0) is 18.2 Å². The third kappa shape index (κ3) is 2.43. The van der Waals surface area contributed by atoms with Crippen molar-refractivity contribution in [1.29, 1.82) is 0 Å². The van der Waals surface area contributed by atoms with Gasteiger partial charge in [-0.25, -0.2) is 13.8 Å². The van der Waals surface area contributed by atoms with Crippen molar-refractivity contribution in [1.82, 2.24) is 9.97 Å². The van der Waals surface area contributed by atoms with Gasteiger partial charge in [-0.3, -0.25) is 14.9 Å². The SMILES string of the molecule is CN1C=CC([N+](=O)[O-])=c2cnc3c4c([nH]c(=O)c-4c21)=CCN3c1ccc(F)cc1F. The van der Waals surface area contributed by atoms with E-state index in [1.165, 1.54) is 29.4 Å². The minimum Gasteiger partial charge on any atom is -0.349 e. The summed E-state index contributed by atoms with van der Waals surface area (Å²) in [5.41, 5.74) is 0.403. The van der Waals surface area contributed by atoms with Gasteiger partial charge in [0.1, 0.15) is 17.5 Å². The molecule has 4 aliphatic rings. The van der Waals surface area contributed by atoms with Gasteiger partial charge in [-0.2, -0.15) is 0 Å². The molecule has 0 saturated heterocycles. The summed E-state index contributed by atoms with van der Waals surface area (Å²) in [6.45, 7) is 0.173. The summed E-state index contributed by atoms with van der Waals surface area (Å²) in [5, 5.41) is 12.2. The van der Waals surface area contributed by atoms with E-state index >= 15 is 0 Å². The molecule has 0 saturated carbocycles. The predicted molar refractivity (Wildman–Crippen MR) is 107 cm³/mol. The van der Waals surface area contributed by atoms with Crippen LogP contribution in [-0.4, -0.2) is 28.5 Å². The van der Waals surface area contributed by atoms with Crippen LogP contribution in [-0.2, 0) is 0 Å². The van der Waals surface area contributed by atoms with Gasteiger partial charge in [0.2, 0.25) is 0 Å². The molecule has 150 valence electrons. The maximum Gasteiger partial charge on any atom is 0.281 e. The highest BCUT2D eigenvalue weighted by Crippen LogP contribution is 2.37. The number of anilines is 3. The van der Waals surface area contributed by atoms with Crippen LogP contribution in [0.25, 0.3) is 22.9 Å². The molecule has 8 nitrogen and oxygen atoms in total. The summed E-state index contributed by atoms with van der Waals surface area (Å²) < 4.78 is 27.9. The first kappa shape index (κ1) is 18.0. The van der Waals surface area contributed by atoms with E-state index in [4.69, 9.17) is 0 Å². The molecule has 0 aromatic heterocycles. The second-order valence-corrected chi connectivity index (χ2v) is 6.94. The van der Waals surface area contributed by atoms with Gasteiger partial charge in [0.15, 0.2) is 0 Å². The van der Waals surface area contributed by atoms with Crippen molar-refractivity contribution >= 4 is 29.0 Å². The number of aromatic nitrogens is 2. The lowest BCUT2D eigenvalue weighted by molar-refractivity contribution is -0.375. The summed E-state index contributed by atoms with van der Waals surface area (Å²) in [5.74, 6) is -1.25. The van der Waals surface area contributed by atoms with Crippen LogP contribution in [0.4, 0.5) is 26.0 Å². The summed E-state index contributed by atoms with van der Waals surface area (Å²) in [7, 11) is 1.67. The number of fused-ring (bicyclic) bond motifs is 2. The number of hydrogen-bond acceptors (Lipinski definition) is 6. The van der Waals surface area contributed by atoms with Crippen molar-refractivity contribution in [2.24, 2.45) is 0 Å². The fraction of sp³-hybridized carbons (Fsp3) is 0.100. The van der Waals surface area contributed by atoms with Crippen molar-refractivity contribution in [2.75, 3.05) is 23.4 Å². The fourth-order valence-corrected chi connectivity index (χ4v) is 3.94. The first-order chi connectivity index (χ1) is 14.4. The van der Waals surface area contributed by atoms with E-state index in [9.17, 15) is 23.7 Å². The Balaban J connectivity index is 1.89. The lowest BCUT2D eigenvalue weighted by atomic mass is 10.0. The maximum absolute atomic E-state index is 14.5. The Morgan fingerprint density at radius 1 is 1.27 bits per heavy atom. The zero-order valence-corrected chi connectivity index (χ0v) is 15.5. The molecule has 0 radical (unpaired) electrons. The summed E-state index contributed by atoms with van der Waals surface area (Å²) >= 11 is 0. The predicted octanol–water partition coefficient (Wildman–Crippen LogP) is 1.43. The van der Waals surface area contributed by atoms with Gasteiger partial charge < -0.3 is 14.8 Å². The van der Waals surface area contributed by atoms with Crippen LogP contribution in [0.15, 0.2) is 41.5 Å². The van der Waals surface area contributed by atoms with Gasteiger partial charge >= 0.3 is 0 Å². The molecule has 1 N–H and O–H groups in total. The summed E-state index contributed by atoms with van der Waals surface area (Å²) in [6, 6.07) is 3.19. The van der Waals surface area contributed by atoms with Gasteiger partial charge in [-0.15, -0.1) is 0 Å². The number of benzene rings is 1. The normalized spacial score (nSPS) is 14.7. The second kappa shape index (κ2) is 6.21. The Kier molecular flexibility index (Phi) is 3.72. The van der Waals surface area contributed by atoms with Crippen LogP contribution in [0.1, 0.15) is 0 Å². The third-order valence-electron chi connectivity index (χ3n) is 5.24. The van der Waals surface area contributed by atoms with Crippen molar-refractivity contribution in [3.8, 4) is 11.1 Å². The molecule has 0 amide bonds. The molecule has 1 aromatic carbocycles. The molecule has 0 unspecified atom stereocenters. The Hall–Kier alpha value is -4.08. The van der Waals surface area contributed by atoms with Gasteiger partial charge in [0, 0.05) is 38.1 Å². The molecular weight excluding hydrogens is 396 g/mol.